The summed E-state index contributed by atoms with van der Waals surface area (Å²) in [4.78, 5) is 12.6. The summed E-state index contributed by atoms with van der Waals surface area (Å²) in [5.41, 5.74) is 0. The maximum atomic E-state index is 13.1. The average molecular weight is 216 g/mol. The van der Waals surface area contributed by atoms with Gasteiger partial charge in [-0.3, -0.25) is 4.90 Å². The monoisotopic (exact) mass is 216 g/mol. The SMILES string of the molecule is C[C@@H]1CC[C@H](N2C=C(F)C(O)NC2=O)O1. The number of aliphatic hydroxyl groups is 1. The Balaban J connectivity index is 2.11. The van der Waals surface area contributed by atoms with Gasteiger partial charge in [-0.25, -0.2) is 9.18 Å². The molecule has 3 atom stereocenters. The number of hydrogen-bond acceptors (Lipinski definition) is 3. The van der Waals surface area contributed by atoms with E-state index in [0.29, 0.717) is 6.42 Å². The Morgan fingerprint density at radius 2 is 2.40 bits per heavy atom. The van der Waals surface area contributed by atoms with Gasteiger partial charge in [0, 0.05) is 6.20 Å². The molecule has 2 rings (SSSR count). The van der Waals surface area contributed by atoms with Crippen LogP contribution in [0.3, 0.4) is 0 Å². The quantitative estimate of drug-likeness (QED) is 0.677. The first-order chi connectivity index (χ1) is 7.08. The molecule has 5 nitrogen and oxygen atoms in total. The van der Waals surface area contributed by atoms with Crippen molar-refractivity contribution in [3.8, 4) is 0 Å². The number of nitrogens with one attached hydrogen (secondary N) is 1. The van der Waals surface area contributed by atoms with E-state index in [9.17, 15) is 9.18 Å². The molecule has 2 heterocycles. The van der Waals surface area contributed by atoms with Gasteiger partial charge in [0.25, 0.3) is 0 Å². The second-order valence-electron chi connectivity index (χ2n) is 3.75. The third-order valence-electron chi connectivity index (χ3n) is 2.54. The molecule has 0 aromatic heterocycles. The van der Waals surface area contributed by atoms with Crippen LogP contribution in [-0.4, -0.2) is 34.6 Å². The van der Waals surface area contributed by atoms with Crippen molar-refractivity contribution in [3.05, 3.63) is 12.0 Å². The van der Waals surface area contributed by atoms with Crippen molar-refractivity contribution in [2.75, 3.05) is 0 Å². The molecule has 2 aliphatic rings. The van der Waals surface area contributed by atoms with Gasteiger partial charge in [0.05, 0.1) is 6.10 Å². The molecule has 84 valence electrons. The summed E-state index contributed by atoms with van der Waals surface area (Å²) in [6, 6.07) is -0.539. The Kier molecular flexibility index (Phi) is 2.62. The molecule has 15 heavy (non-hydrogen) atoms. The summed E-state index contributed by atoms with van der Waals surface area (Å²) in [7, 11) is 0. The van der Waals surface area contributed by atoms with Crippen molar-refractivity contribution < 1.29 is 19.0 Å². The maximum absolute atomic E-state index is 13.1. The first-order valence-corrected chi connectivity index (χ1v) is 4.87. The lowest BCUT2D eigenvalue weighted by Crippen LogP contribution is -2.50. The minimum Gasteiger partial charge on any atom is -0.367 e. The molecule has 2 aliphatic heterocycles. The number of carbonyl (C=O) groups is 1. The van der Waals surface area contributed by atoms with E-state index < -0.39 is 24.3 Å². The highest BCUT2D eigenvalue weighted by atomic mass is 19.1. The molecule has 0 radical (unpaired) electrons. The normalized spacial score (nSPS) is 36.5. The van der Waals surface area contributed by atoms with Gasteiger partial charge in [0.1, 0.15) is 6.23 Å². The number of urea groups is 1. The number of amides is 2. The number of rotatable bonds is 1. The fraction of sp³-hybridized carbons (Fsp3) is 0.667. The zero-order valence-electron chi connectivity index (χ0n) is 8.31. The minimum atomic E-state index is -1.53. The molecule has 2 N–H and O–H groups in total. The van der Waals surface area contributed by atoms with Crippen molar-refractivity contribution >= 4 is 6.03 Å². The van der Waals surface area contributed by atoms with Crippen LogP contribution in [0.15, 0.2) is 12.0 Å². The molecule has 1 unspecified atom stereocenters. The van der Waals surface area contributed by atoms with E-state index in [1.165, 1.54) is 0 Å². The number of hydrogen-bond donors (Lipinski definition) is 2. The molecule has 0 aliphatic carbocycles. The molecule has 2 amide bonds. The first-order valence-electron chi connectivity index (χ1n) is 4.87. The largest absolute Gasteiger partial charge is 0.367 e. The molecule has 0 saturated carbocycles. The third-order valence-corrected chi connectivity index (χ3v) is 2.54. The lowest BCUT2D eigenvalue weighted by Gasteiger charge is -2.30. The summed E-state index contributed by atoms with van der Waals surface area (Å²) in [6.45, 7) is 1.90. The van der Waals surface area contributed by atoms with Gasteiger partial charge in [-0.05, 0) is 19.8 Å². The molecule has 0 spiro atoms. The van der Waals surface area contributed by atoms with E-state index >= 15 is 0 Å². The molecule has 0 aromatic rings. The first kappa shape index (κ1) is 10.4. The van der Waals surface area contributed by atoms with Crippen LogP contribution >= 0.6 is 0 Å². The van der Waals surface area contributed by atoms with Crippen LogP contribution in [-0.2, 0) is 4.74 Å². The number of halogens is 1. The van der Waals surface area contributed by atoms with Gasteiger partial charge in [0.2, 0.25) is 0 Å². The van der Waals surface area contributed by atoms with Crippen LogP contribution in [0, 0.1) is 0 Å². The van der Waals surface area contributed by atoms with E-state index in [2.05, 4.69) is 5.32 Å². The predicted octanol–water partition coefficient (Wildman–Crippen LogP) is 0.666. The van der Waals surface area contributed by atoms with E-state index in [0.717, 1.165) is 17.5 Å². The van der Waals surface area contributed by atoms with Crippen molar-refractivity contribution in [2.24, 2.45) is 0 Å². The minimum absolute atomic E-state index is 0.0751. The van der Waals surface area contributed by atoms with Gasteiger partial charge in [-0.15, -0.1) is 0 Å². The Hall–Kier alpha value is -1.14. The Morgan fingerprint density at radius 3 is 3.00 bits per heavy atom. The Bertz CT molecular complexity index is 308. The molecular formula is C9H13FN2O3. The number of ether oxygens (including phenoxy) is 1. The lowest BCUT2D eigenvalue weighted by atomic mass is 10.2. The van der Waals surface area contributed by atoms with Crippen LogP contribution in [0.4, 0.5) is 9.18 Å². The van der Waals surface area contributed by atoms with Gasteiger partial charge >= 0.3 is 6.03 Å². The predicted molar refractivity (Wildman–Crippen MR) is 49.1 cm³/mol. The van der Waals surface area contributed by atoms with E-state index in [1.54, 1.807) is 0 Å². The third kappa shape index (κ3) is 1.95. The van der Waals surface area contributed by atoms with Crippen molar-refractivity contribution in [1.82, 2.24) is 10.2 Å². The van der Waals surface area contributed by atoms with Crippen LogP contribution in [0.5, 0.6) is 0 Å². The molecule has 1 fully saturated rings. The summed E-state index contributed by atoms with van der Waals surface area (Å²) in [6.07, 6.45) is 0.615. The number of carbonyl (C=O) groups excluding carboxylic acids is 1. The zero-order chi connectivity index (χ0) is 11.0. The van der Waals surface area contributed by atoms with Crippen molar-refractivity contribution in [1.29, 1.82) is 0 Å². The summed E-state index contributed by atoms with van der Waals surface area (Å²) in [5.74, 6) is -0.780. The molecule has 0 bridgehead atoms. The standard InChI is InChI=1S/C9H13FN2O3/c1-5-2-3-7(15-5)12-4-6(10)8(13)11-9(12)14/h4-5,7-8,13H,2-3H2,1H3,(H,11,14)/t5-,7-,8?/m1/s1. The summed E-state index contributed by atoms with van der Waals surface area (Å²) in [5, 5.41) is 11.1. The fourth-order valence-electron chi connectivity index (χ4n) is 1.72. The fourth-order valence-corrected chi connectivity index (χ4v) is 1.72. The Morgan fingerprint density at radius 1 is 1.67 bits per heavy atom. The van der Waals surface area contributed by atoms with Gasteiger partial charge in [-0.2, -0.15) is 0 Å². The van der Waals surface area contributed by atoms with Crippen LogP contribution < -0.4 is 5.32 Å². The average Bonchev–Trinajstić information content (AvgIpc) is 2.58. The second kappa shape index (κ2) is 3.79. The van der Waals surface area contributed by atoms with Crippen molar-refractivity contribution in [3.63, 3.8) is 0 Å². The highest BCUT2D eigenvalue weighted by molar-refractivity contribution is 5.77. The van der Waals surface area contributed by atoms with Gasteiger partial charge in [-0.1, -0.05) is 0 Å². The number of nitrogens with zero attached hydrogens (tertiary/aromatic N) is 1. The van der Waals surface area contributed by atoms with Crippen LogP contribution in [0.1, 0.15) is 19.8 Å². The summed E-state index contributed by atoms with van der Waals surface area (Å²) < 4.78 is 18.5. The topological polar surface area (TPSA) is 61.8 Å². The second-order valence-corrected chi connectivity index (χ2v) is 3.75. The molecule has 1 saturated heterocycles. The van der Waals surface area contributed by atoms with Crippen LogP contribution in [0.25, 0.3) is 0 Å². The van der Waals surface area contributed by atoms with E-state index in [4.69, 9.17) is 9.84 Å². The number of aliphatic hydroxyl groups excluding tert-OH is 1. The van der Waals surface area contributed by atoms with Gasteiger partial charge < -0.3 is 15.2 Å². The van der Waals surface area contributed by atoms with E-state index in [-0.39, 0.29) is 6.10 Å². The van der Waals surface area contributed by atoms with Crippen LogP contribution in [0.2, 0.25) is 0 Å². The maximum Gasteiger partial charge on any atom is 0.325 e. The Labute approximate surface area is 86.5 Å². The van der Waals surface area contributed by atoms with Crippen molar-refractivity contribution in [2.45, 2.75) is 38.3 Å². The lowest BCUT2D eigenvalue weighted by molar-refractivity contribution is -0.0173. The molecule has 0 aromatic carbocycles. The highest BCUT2D eigenvalue weighted by Crippen LogP contribution is 2.25. The molecule has 6 heteroatoms. The summed E-state index contributed by atoms with van der Waals surface area (Å²) >= 11 is 0. The van der Waals surface area contributed by atoms with E-state index in [1.807, 2.05) is 6.92 Å². The van der Waals surface area contributed by atoms with Gasteiger partial charge in [0.15, 0.2) is 12.1 Å². The smallest absolute Gasteiger partial charge is 0.325 e. The highest BCUT2D eigenvalue weighted by Gasteiger charge is 2.34. The molecular weight excluding hydrogens is 203 g/mol. The zero-order valence-corrected chi connectivity index (χ0v) is 8.31.